The highest BCUT2D eigenvalue weighted by Gasteiger charge is 2.15. The van der Waals surface area contributed by atoms with E-state index < -0.39 is 0 Å². The van der Waals surface area contributed by atoms with E-state index in [1.807, 2.05) is 24.3 Å². The first-order chi connectivity index (χ1) is 6.90. The van der Waals surface area contributed by atoms with Gasteiger partial charge in [0.15, 0.2) is 0 Å². The van der Waals surface area contributed by atoms with Crippen LogP contribution in [-0.2, 0) is 13.1 Å². The smallest absolute Gasteiger partial charge is 0.115 e. The Kier molecular flexibility index (Phi) is 3.14. The average molecular weight is 193 g/mol. The molecule has 76 valence electrons. The van der Waals surface area contributed by atoms with Gasteiger partial charge in [0.1, 0.15) is 6.67 Å². The molecule has 1 heterocycles. The van der Waals surface area contributed by atoms with Crippen molar-refractivity contribution in [3.05, 3.63) is 35.4 Å². The molecular formula is C12H16FN. The van der Waals surface area contributed by atoms with Crippen LogP contribution in [0.4, 0.5) is 4.39 Å². The highest BCUT2D eigenvalue weighted by molar-refractivity contribution is 5.27. The van der Waals surface area contributed by atoms with E-state index >= 15 is 0 Å². The van der Waals surface area contributed by atoms with Gasteiger partial charge < -0.3 is 5.32 Å². The van der Waals surface area contributed by atoms with Crippen molar-refractivity contribution in [1.82, 2.24) is 5.32 Å². The molecule has 0 aromatic heterocycles. The van der Waals surface area contributed by atoms with Gasteiger partial charge in [0.25, 0.3) is 0 Å². The third kappa shape index (κ3) is 2.13. The SMILES string of the molecule is FCc1ccccc1CC1CCNC1. The zero-order chi connectivity index (χ0) is 9.80. The maximum Gasteiger partial charge on any atom is 0.115 e. The van der Waals surface area contributed by atoms with Crippen molar-refractivity contribution in [1.29, 1.82) is 0 Å². The first-order valence-corrected chi connectivity index (χ1v) is 5.23. The lowest BCUT2D eigenvalue weighted by atomic mass is 9.95. The maximum atomic E-state index is 12.6. The van der Waals surface area contributed by atoms with Crippen LogP contribution in [0.15, 0.2) is 24.3 Å². The molecule has 1 saturated heterocycles. The lowest BCUT2D eigenvalue weighted by Crippen LogP contribution is -2.11. The molecule has 1 fully saturated rings. The molecule has 1 nitrogen and oxygen atoms in total. The van der Waals surface area contributed by atoms with Crippen LogP contribution in [0.3, 0.4) is 0 Å². The minimum absolute atomic E-state index is 0.337. The molecule has 2 rings (SSSR count). The van der Waals surface area contributed by atoms with Crippen LogP contribution >= 0.6 is 0 Å². The summed E-state index contributed by atoms with van der Waals surface area (Å²) in [7, 11) is 0. The fourth-order valence-electron chi connectivity index (χ4n) is 2.09. The number of benzene rings is 1. The highest BCUT2D eigenvalue weighted by Crippen LogP contribution is 2.18. The molecule has 1 aromatic rings. The maximum absolute atomic E-state index is 12.6. The molecule has 1 atom stereocenters. The normalized spacial score (nSPS) is 21.4. The first-order valence-electron chi connectivity index (χ1n) is 5.23. The van der Waals surface area contributed by atoms with Crippen molar-refractivity contribution in [2.45, 2.75) is 19.5 Å². The molecule has 0 saturated carbocycles. The standard InChI is InChI=1S/C12H16FN/c13-8-12-4-2-1-3-11(12)7-10-5-6-14-9-10/h1-4,10,14H,5-9H2. The Morgan fingerprint density at radius 3 is 2.71 bits per heavy atom. The monoisotopic (exact) mass is 193 g/mol. The molecule has 0 radical (unpaired) electrons. The number of alkyl halides is 1. The van der Waals surface area contributed by atoms with Crippen molar-refractivity contribution < 1.29 is 4.39 Å². The van der Waals surface area contributed by atoms with Crippen LogP contribution in [0.2, 0.25) is 0 Å². The predicted molar refractivity (Wildman–Crippen MR) is 55.9 cm³/mol. The van der Waals surface area contributed by atoms with Gasteiger partial charge in [-0.2, -0.15) is 0 Å². The van der Waals surface area contributed by atoms with Crippen LogP contribution in [0.1, 0.15) is 17.5 Å². The van der Waals surface area contributed by atoms with Gasteiger partial charge in [0, 0.05) is 0 Å². The van der Waals surface area contributed by atoms with Gasteiger partial charge in [-0.25, -0.2) is 4.39 Å². The van der Waals surface area contributed by atoms with Crippen LogP contribution in [0.25, 0.3) is 0 Å². The third-order valence-corrected chi connectivity index (χ3v) is 2.93. The van der Waals surface area contributed by atoms with Crippen LogP contribution in [-0.4, -0.2) is 13.1 Å². The minimum Gasteiger partial charge on any atom is -0.316 e. The van der Waals surface area contributed by atoms with Crippen molar-refractivity contribution >= 4 is 0 Å². The summed E-state index contributed by atoms with van der Waals surface area (Å²) in [6.45, 7) is 1.86. The second kappa shape index (κ2) is 4.56. The van der Waals surface area contributed by atoms with E-state index in [2.05, 4.69) is 5.32 Å². The first kappa shape index (κ1) is 9.66. The molecule has 0 aliphatic carbocycles. The molecule has 1 aromatic carbocycles. The van der Waals surface area contributed by atoms with Crippen molar-refractivity contribution in [3.63, 3.8) is 0 Å². The van der Waals surface area contributed by atoms with Gasteiger partial charge in [0.2, 0.25) is 0 Å². The summed E-state index contributed by atoms with van der Waals surface area (Å²) in [6.07, 6.45) is 2.24. The Morgan fingerprint density at radius 1 is 1.29 bits per heavy atom. The van der Waals surface area contributed by atoms with E-state index in [0.717, 1.165) is 25.1 Å². The van der Waals surface area contributed by atoms with Gasteiger partial charge in [-0.1, -0.05) is 24.3 Å². The minimum atomic E-state index is -0.337. The lowest BCUT2D eigenvalue weighted by molar-refractivity contribution is 0.477. The Bertz CT molecular complexity index is 292. The molecule has 0 amide bonds. The van der Waals surface area contributed by atoms with Crippen LogP contribution in [0, 0.1) is 5.92 Å². The van der Waals surface area contributed by atoms with E-state index in [1.165, 1.54) is 12.0 Å². The number of halogens is 1. The molecule has 1 unspecified atom stereocenters. The summed E-state index contributed by atoms with van der Waals surface area (Å²) in [4.78, 5) is 0. The lowest BCUT2D eigenvalue weighted by Gasteiger charge is -2.10. The van der Waals surface area contributed by atoms with E-state index in [-0.39, 0.29) is 6.67 Å². The van der Waals surface area contributed by atoms with Gasteiger partial charge in [-0.15, -0.1) is 0 Å². The van der Waals surface area contributed by atoms with Crippen molar-refractivity contribution in [2.75, 3.05) is 13.1 Å². The fraction of sp³-hybridized carbons (Fsp3) is 0.500. The topological polar surface area (TPSA) is 12.0 Å². The van der Waals surface area contributed by atoms with E-state index in [0.29, 0.717) is 5.92 Å². The predicted octanol–water partition coefficient (Wildman–Crippen LogP) is 2.31. The Morgan fingerprint density at radius 2 is 2.07 bits per heavy atom. The highest BCUT2D eigenvalue weighted by atomic mass is 19.1. The zero-order valence-electron chi connectivity index (χ0n) is 8.30. The summed E-state index contributed by atoms with van der Waals surface area (Å²) in [5, 5.41) is 3.34. The van der Waals surface area contributed by atoms with Crippen molar-refractivity contribution in [2.24, 2.45) is 5.92 Å². The van der Waals surface area contributed by atoms with Gasteiger partial charge in [0.05, 0.1) is 0 Å². The number of hydrogen-bond acceptors (Lipinski definition) is 1. The largest absolute Gasteiger partial charge is 0.316 e. The molecule has 1 aliphatic heterocycles. The number of nitrogens with one attached hydrogen (secondary N) is 1. The van der Waals surface area contributed by atoms with E-state index in [4.69, 9.17) is 0 Å². The number of hydrogen-bond donors (Lipinski definition) is 1. The summed E-state index contributed by atoms with van der Waals surface area (Å²) in [5.74, 6) is 0.697. The molecule has 14 heavy (non-hydrogen) atoms. The van der Waals surface area contributed by atoms with Gasteiger partial charge >= 0.3 is 0 Å². The summed E-state index contributed by atoms with van der Waals surface area (Å²) < 4.78 is 12.6. The Hall–Kier alpha value is -0.890. The molecule has 1 aliphatic rings. The van der Waals surface area contributed by atoms with Gasteiger partial charge in [-0.05, 0) is 43.0 Å². The zero-order valence-corrected chi connectivity index (χ0v) is 8.30. The van der Waals surface area contributed by atoms with Crippen LogP contribution < -0.4 is 5.32 Å². The van der Waals surface area contributed by atoms with E-state index in [9.17, 15) is 4.39 Å². The average Bonchev–Trinajstić information content (AvgIpc) is 2.71. The molecular weight excluding hydrogens is 177 g/mol. The molecule has 0 spiro atoms. The van der Waals surface area contributed by atoms with Crippen molar-refractivity contribution in [3.8, 4) is 0 Å². The number of rotatable bonds is 3. The second-order valence-electron chi connectivity index (χ2n) is 3.97. The Labute approximate surface area is 84.3 Å². The summed E-state index contributed by atoms with van der Waals surface area (Å²) in [6, 6.07) is 7.84. The second-order valence-corrected chi connectivity index (χ2v) is 3.97. The summed E-state index contributed by atoms with van der Waals surface area (Å²) >= 11 is 0. The Balaban J connectivity index is 2.07. The van der Waals surface area contributed by atoms with Crippen LogP contribution in [0.5, 0.6) is 0 Å². The van der Waals surface area contributed by atoms with Gasteiger partial charge in [-0.3, -0.25) is 0 Å². The quantitative estimate of drug-likeness (QED) is 0.776. The third-order valence-electron chi connectivity index (χ3n) is 2.93. The molecule has 2 heteroatoms. The molecule has 0 bridgehead atoms. The molecule has 1 N–H and O–H groups in total. The van der Waals surface area contributed by atoms with E-state index in [1.54, 1.807) is 0 Å². The fourth-order valence-corrected chi connectivity index (χ4v) is 2.09. The summed E-state index contributed by atoms with van der Waals surface area (Å²) in [5.41, 5.74) is 2.04.